The number of benzene rings is 1. The maximum absolute atomic E-state index is 14.0. The van der Waals surface area contributed by atoms with Crippen molar-refractivity contribution >= 4 is 6.09 Å². The highest BCUT2D eigenvalue weighted by Crippen LogP contribution is 2.33. The summed E-state index contributed by atoms with van der Waals surface area (Å²) < 4.78 is 24.0. The summed E-state index contributed by atoms with van der Waals surface area (Å²) in [5.41, 5.74) is 0.263. The van der Waals surface area contributed by atoms with Crippen LogP contribution in [-0.2, 0) is 11.2 Å². The van der Waals surface area contributed by atoms with E-state index >= 15 is 0 Å². The maximum Gasteiger partial charge on any atom is 0.409 e. The first-order chi connectivity index (χ1) is 11.6. The second-order valence-electron chi connectivity index (χ2n) is 5.95. The molecular weight excluding hydrogens is 315 g/mol. The zero-order chi connectivity index (χ0) is 17.1. The Labute approximate surface area is 138 Å². The molecule has 2 aromatic rings. The van der Waals surface area contributed by atoms with E-state index < -0.39 is 6.09 Å². The fourth-order valence-corrected chi connectivity index (χ4v) is 3.28. The van der Waals surface area contributed by atoms with Crippen LogP contribution in [0.25, 0.3) is 0 Å². The number of methoxy groups -OCH3 is 1. The Morgan fingerprint density at radius 3 is 2.92 bits per heavy atom. The Bertz CT molecular complexity index is 770. The van der Waals surface area contributed by atoms with Gasteiger partial charge < -0.3 is 14.2 Å². The summed E-state index contributed by atoms with van der Waals surface area (Å²) in [6.45, 7) is 0.464. The Kier molecular flexibility index (Phi) is 4.69. The Hall–Kier alpha value is -2.57. The van der Waals surface area contributed by atoms with Crippen molar-refractivity contribution in [3.05, 3.63) is 57.8 Å². The van der Waals surface area contributed by atoms with Crippen LogP contribution in [0.15, 0.2) is 39.6 Å². The number of likely N-dealkylation sites (tertiary alicyclic amines) is 1. The van der Waals surface area contributed by atoms with Gasteiger partial charge in [0.15, 0.2) is 0 Å². The number of aromatic nitrogens is 1. The third-order valence-electron chi connectivity index (χ3n) is 4.48. The third-order valence-corrected chi connectivity index (χ3v) is 4.48. The van der Waals surface area contributed by atoms with Crippen LogP contribution in [0, 0.1) is 5.82 Å². The smallest absolute Gasteiger partial charge is 0.409 e. The van der Waals surface area contributed by atoms with E-state index in [0.717, 1.165) is 0 Å². The van der Waals surface area contributed by atoms with Gasteiger partial charge in [-0.2, -0.15) is 5.16 Å². The van der Waals surface area contributed by atoms with Gasteiger partial charge in [0.05, 0.1) is 7.11 Å². The van der Waals surface area contributed by atoms with Crippen LogP contribution in [0.1, 0.15) is 30.1 Å². The lowest BCUT2D eigenvalue weighted by atomic mass is 9.86. The van der Waals surface area contributed by atoms with Crippen molar-refractivity contribution in [2.45, 2.75) is 31.2 Å². The number of carbonyl (C=O) groups excluding carboxylic acids is 1. The van der Waals surface area contributed by atoms with Crippen LogP contribution in [0.2, 0.25) is 0 Å². The highest BCUT2D eigenvalue weighted by atomic mass is 19.1. The topological polar surface area (TPSA) is 75.5 Å². The molecule has 1 aromatic heterocycles. The largest absolute Gasteiger partial charge is 0.453 e. The lowest BCUT2D eigenvalue weighted by Crippen LogP contribution is -2.46. The number of H-pyrrole nitrogens is 1. The molecule has 0 aliphatic carbocycles. The molecule has 1 aromatic carbocycles. The summed E-state index contributed by atoms with van der Waals surface area (Å²) in [5, 5.41) is 2.29. The zero-order valence-corrected chi connectivity index (χ0v) is 13.3. The molecule has 1 aliphatic heterocycles. The Morgan fingerprint density at radius 1 is 1.46 bits per heavy atom. The van der Waals surface area contributed by atoms with Gasteiger partial charge in [0.1, 0.15) is 11.6 Å². The molecule has 1 saturated heterocycles. The average Bonchev–Trinajstić information content (AvgIpc) is 3.03. The molecule has 1 N–H and O–H groups in total. The van der Waals surface area contributed by atoms with Crippen LogP contribution in [0.4, 0.5) is 9.18 Å². The van der Waals surface area contributed by atoms with Crippen molar-refractivity contribution in [1.82, 2.24) is 10.1 Å². The number of carbonyl (C=O) groups is 1. The molecule has 2 unspecified atom stereocenters. The Morgan fingerprint density at radius 2 is 2.25 bits per heavy atom. The minimum absolute atomic E-state index is 0.00151. The van der Waals surface area contributed by atoms with E-state index in [4.69, 9.17) is 9.26 Å². The first-order valence-electron chi connectivity index (χ1n) is 7.85. The molecule has 2 atom stereocenters. The molecule has 7 heteroatoms. The number of rotatable bonds is 3. The molecule has 0 spiro atoms. The van der Waals surface area contributed by atoms with Crippen LogP contribution in [0.3, 0.4) is 0 Å². The molecule has 1 aliphatic rings. The Balaban J connectivity index is 1.82. The van der Waals surface area contributed by atoms with Crippen LogP contribution < -0.4 is 5.56 Å². The molecule has 2 heterocycles. The second-order valence-corrected chi connectivity index (χ2v) is 5.95. The average molecular weight is 334 g/mol. The summed E-state index contributed by atoms with van der Waals surface area (Å²) in [6, 6.07) is 7.72. The number of nitrogens with zero attached hydrogens (tertiary/aromatic N) is 1. The van der Waals surface area contributed by atoms with E-state index in [-0.39, 0.29) is 23.3 Å². The van der Waals surface area contributed by atoms with Gasteiger partial charge in [-0.3, -0.25) is 4.79 Å². The van der Waals surface area contributed by atoms with E-state index in [0.29, 0.717) is 37.1 Å². The summed E-state index contributed by atoms with van der Waals surface area (Å²) in [4.78, 5) is 24.9. The molecule has 3 rings (SSSR count). The number of nitrogens with one attached hydrogen (secondary N) is 1. The predicted octanol–water partition coefficient (Wildman–Crippen LogP) is 2.66. The zero-order valence-electron chi connectivity index (χ0n) is 13.3. The fraction of sp³-hybridized carbons (Fsp3) is 0.412. The second kappa shape index (κ2) is 6.90. The minimum atomic E-state index is -0.426. The summed E-state index contributed by atoms with van der Waals surface area (Å²) >= 11 is 0. The summed E-state index contributed by atoms with van der Waals surface area (Å²) in [5.74, 6) is 0.280. The van der Waals surface area contributed by atoms with Crippen molar-refractivity contribution in [1.29, 1.82) is 0 Å². The van der Waals surface area contributed by atoms with E-state index in [9.17, 15) is 14.0 Å². The highest BCUT2D eigenvalue weighted by molar-refractivity contribution is 5.68. The first-order valence-corrected chi connectivity index (χ1v) is 7.85. The number of aromatic amines is 1. The standard InChI is InChI=1S/C17H19FN2O4/c1-23-17(22)20-7-6-12(15-10-16(21)19-24-15)9-13(20)8-11-4-2-3-5-14(11)18/h2-5,10,12-13H,6-9H2,1H3,(H,19,21). The molecule has 0 radical (unpaired) electrons. The summed E-state index contributed by atoms with van der Waals surface area (Å²) in [6.07, 6.45) is 1.19. The van der Waals surface area contributed by atoms with Gasteiger partial charge >= 0.3 is 6.09 Å². The molecule has 1 amide bonds. The fourth-order valence-electron chi connectivity index (χ4n) is 3.28. The molecule has 24 heavy (non-hydrogen) atoms. The van der Waals surface area contributed by atoms with Gasteiger partial charge in [0, 0.05) is 24.6 Å². The van der Waals surface area contributed by atoms with Gasteiger partial charge in [0.2, 0.25) is 0 Å². The molecule has 0 bridgehead atoms. The van der Waals surface area contributed by atoms with E-state index in [1.807, 2.05) is 0 Å². The van der Waals surface area contributed by atoms with Crippen molar-refractivity contribution in [3.63, 3.8) is 0 Å². The number of ether oxygens (including phenoxy) is 1. The van der Waals surface area contributed by atoms with E-state index in [1.165, 1.54) is 19.2 Å². The number of hydrogen-bond acceptors (Lipinski definition) is 4. The van der Waals surface area contributed by atoms with Crippen molar-refractivity contribution in [3.8, 4) is 0 Å². The van der Waals surface area contributed by atoms with Gasteiger partial charge in [-0.05, 0) is 30.9 Å². The lowest BCUT2D eigenvalue weighted by Gasteiger charge is -2.38. The highest BCUT2D eigenvalue weighted by Gasteiger charge is 2.34. The van der Waals surface area contributed by atoms with Crippen molar-refractivity contribution in [2.75, 3.05) is 13.7 Å². The lowest BCUT2D eigenvalue weighted by molar-refractivity contribution is 0.0814. The number of amides is 1. The van der Waals surface area contributed by atoms with Crippen molar-refractivity contribution < 1.29 is 18.4 Å². The number of hydrogen-bond donors (Lipinski definition) is 1. The monoisotopic (exact) mass is 334 g/mol. The third kappa shape index (κ3) is 3.34. The molecule has 1 fully saturated rings. The van der Waals surface area contributed by atoms with Crippen LogP contribution >= 0.6 is 0 Å². The molecule has 128 valence electrons. The molecular formula is C17H19FN2O4. The molecule has 0 saturated carbocycles. The van der Waals surface area contributed by atoms with Crippen LogP contribution in [0.5, 0.6) is 0 Å². The normalized spacial score (nSPS) is 20.8. The summed E-state index contributed by atoms with van der Waals surface area (Å²) in [7, 11) is 1.33. The first kappa shape index (κ1) is 16.3. The predicted molar refractivity (Wildman–Crippen MR) is 84.3 cm³/mol. The number of piperidine rings is 1. The van der Waals surface area contributed by atoms with Crippen LogP contribution in [-0.4, -0.2) is 35.8 Å². The van der Waals surface area contributed by atoms with Gasteiger partial charge in [-0.1, -0.05) is 18.2 Å². The van der Waals surface area contributed by atoms with Gasteiger partial charge in [-0.15, -0.1) is 0 Å². The SMILES string of the molecule is COC(=O)N1CCC(c2cc(=O)[nH]o2)CC1Cc1ccccc1F. The van der Waals surface area contributed by atoms with Gasteiger partial charge in [-0.25, -0.2) is 9.18 Å². The van der Waals surface area contributed by atoms with Crippen molar-refractivity contribution in [2.24, 2.45) is 0 Å². The number of halogens is 1. The minimum Gasteiger partial charge on any atom is -0.453 e. The van der Waals surface area contributed by atoms with E-state index in [2.05, 4.69) is 5.16 Å². The molecule has 6 nitrogen and oxygen atoms in total. The maximum atomic E-state index is 14.0. The van der Waals surface area contributed by atoms with E-state index in [1.54, 1.807) is 23.1 Å². The quantitative estimate of drug-likeness (QED) is 0.936. The van der Waals surface area contributed by atoms with Gasteiger partial charge in [0.25, 0.3) is 5.56 Å².